The minimum atomic E-state index is -0.421. The number of carbonyl (C=O) groups is 2. The van der Waals surface area contributed by atoms with Crippen LogP contribution >= 0.6 is 66.8 Å². The summed E-state index contributed by atoms with van der Waals surface area (Å²) in [4.78, 5) is 24.1. The molecule has 0 saturated carbocycles. The standard InChI is InChI=1S/C14H6F2I2O2S2/c15-7-1-3-9(11(17)5-7)13(19)21-22-14(20)10-4-2-8(16)6-12(10)18/h1-6H. The van der Waals surface area contributed by atoms with Gasteiger partial charge in [0.05, 0.1) is 0 Å². The lowest BCUT2D eigenvalue weighted by atomic mass is 10.2. The highest BCUT2D eigenvalue weighted by Crippen LogP contribution is 2.32. The van der Waals surface area contributed by atoms with Crippen LogP contribution in [0.1, 0.15) is 20.7 Å². The molecule has 0 saturated heterocycles. The van der Waals surface area contributed by atoms with E-state index < -0.39 is 11.6 Å². The molecule has 0 spiro atoms. The number of hydrogen-bond acceptors (Lipinski definition) is 4. The third-order valence-electron chi connectivity index (χ3n) is 2.50. The zero-order valence-corrected chi connectivity index (χ0v) is 16.6. The summed E-state index contributed by atoms with van der Waals surface area (Å²) in [6, 6.07) is 7.68. The highest BCUT2D eigenvalue weighted by Gasteiger charge is 2.17. The number of halogens is 4. The lowest BCUT2D eigenvalue weighted by molar-refractivity contribution is 0.107. The van der Waals surface area contributed by atoms with Crippen molar-refractivity contribution < 1.29 is 18.4 Å². The van der Waals surface area contributed by atoms with Crippen molar-refractivity contribution in [2.24, 2.45) is 0 Å². The van der Waals surface area contributed by atoms with Crippen LogP contribution in [0.2, 0.25) is 0 Å². The van der Waals surface area contributed by atoms with E-state index in [-0.39, 0.29) is 10.2 Å². The molecule has 2 rings (SSSR count). The predicted octanol–water partition coefficient (Wildman–Crippen LogP) is 5.54. The van der Waals surface area contributed by atoms with Crippen molar-refractivity contribution in [1.29, 1.82) is 0 Å². The van der Waals surface area contributed by atoms with E-state index >= 15 is 0 Å². The Bertz CT molecular complexity index is 690. The maximum Gasteiger partial charge on any atom is 0.231 e. The minimum absolute atomic E-state index is 0.333. The summed E-state index contributed by atoms with van der Waals surface area (Å²) in [5, 5.41) is -0.667. The Labute approximate surface area is 160 Å². The third kappa shape index (κ3) is 4.65. The Hall–Kier alpha value is -0.200. The Morgan fingerprint density at radius 3 is 1.45 bits per heavy atom. The van der Waals surface area contributed by atoms with Crippen molar-refractivity contribution in [3.8, 4) is 0 Å². The molecule has 22 heavy (non-hydrogen) atoms. The minimum Gasteiger partial charge on any atom is -0.281 e. The summed E-state index contributed by atoms with van der Waals surface area (Å²) in [7, 11) is 1.54. The predicted molar refractivity (Wildman–Crippen MR) is 102 cm³/mol. The molecule has 0 radical (unpaired) electrons. The van der Waals surface area contributed by atoms with Gasteiger partial charge >= 0.3 is 0 Å². The Kier molecular flexibility index (Phi) is 6.65. The van der Waals surface area contributed by atoms with E-state index in [1.807, 2.05) is 45.2 Å². The molecule has 0 fully saturated rings. The molecule has 0 atom stereocenters. The molecule has 0 aromatic heterocycles. The number of benzene rings is 2. The second kappa shape index (κ2) is 8.06. The van der Waals surface area contributed by atoms with Crippen LogP contribution in [-0.4, -0.2) is 10.2 Å². The molecule has 8 heteroatoms. The van der Waals surface area contributed by atoms with Crippen LogP contribution in [0.5, 0.6) is 0 Å². The highest BCUT2D eigenvalue weighted by molar-refractivity contribution is 14.1. The van der Waals surface area contributed by atoms with Gasteiger partial charge in [0.1, 0.15) is 11.6 Å². The maximum atomic E-state index is 13.0. The van der Waals surface area contributed by atoms with Crippen LogP contribution in [0.25, 0.3) is 0 Å². The topological polar surface area (TPSA) is 34.1 Å². The Balaban J connectivity index is 2.06. The second-order valence-corrected chi connectivity index (χ2v) is 8.39. The van der Waals surface area contributed by atoms with E-state index in [9.17, 15) is 18.4 Å². The summed E-state index contributed by atoms with van der Waals surface area (Å²) >= 11 is 3.74. The van der Waals surface area contributed by atoms with Gasteiger partial charge in [-0.15, -0.1) is 0 Å². The first-order valence-corrected chi connectivity index (χ1v) is 10.0. The van der Waals surface area contributed by atoms with Crippen LogP contribution in [-0.2, 0) is 0 Å². The summed E-state index contributed by atoms with van der Waals surface area (Å²) in [6.07, 6.45) is 0. The molecule has 0 bridgehead atoms. The molecule has 114 valence electrons. The first-order chi connectivity index (χ1) is 10.4. The Morgan fingerprint density at radius 1 is 0.773 bits per heavy atom. The van der Waals surface area contributed by atoms with E-state index in [4.69, 9.17) is 0 Å². The van der Waals surface area contributed by atoms with Crippen LogP contribution in [0.15, 0.2) is 36.4 Å². The van der Waals surface area contributed by atoms with Gasteiger partial charge in [0.2, 0.25) is 10.2 Å². The van der Waals surface area contributed by atoms with Gasteiger partial charge in [-0.2, -0.15) is 0 Å². The smallest absolute Gasteiger partial charge is 0.231 e. The second-order valence-electron chi connectivity index (χ2n) is 3.99. The normalized spacial score (nSPS) is 10.5. The van der Waals surface area contributed by atoms with Gasteiger partial charge in [0, 0.05) is 18.3 Å². The lowest BCUT2D eigenvalue weighted by Gasteiger charge is -2.04. The molecule has 0 aliphatic carbocycles. The van der Waals surface area contributed by atoms with Crippen LogP contribution < -0.4 is 0 Å². The van der Waals surface area contributed by atoms with Crippen LogP contribution in [0, 0.1) is 18.8 Å². The quantitative estimate of drug-likeness (QED) is 0.356. The monoisotopic (exact) mass is 562 g/mol. The molecule has 0 N–H and O–H groups in total. The molecular formula is C14H6F2I2O2S2. The van der Waals surface area contributed by atoms with Gasteiger partial charge in [0.15, 0.2) is 0 Å². The first-order valence-electron chi connectivity index (χ1n) is 5.72. The maximum absolute atomic E-state index is 13.0. The van der Waals surface area contributed by atoms with Gasteiger partial charge in [-0.25, -0.2) is 8.78 Å². The average Bonchev–Trinajstić information content (AvgIpc) is 2.44. The van der Waals surface area contributed by atoms with E-state index in [0.717, 1.165) is 21.6 Å². The fraction of sp³-hybridized carbons (Fsp3) is 0. The molecule has 0 aliphatic heterocycles. The van der Waals surface area contributed by atoms with Gasteiger partial charge in [0.25, 0.3) is 0 Å². The average molecular weight is 562 g/mol. The number of rotatable bonds is 2. The van der Waals surface area contributed by atoms with Crippen molar-refractivity contribution in [1.82, 2.24) is 0 Å². The van der Waals surface area contributed by atoms with Crippen molar-refractivity contribution in [2.45, 2.75) is 0 Å². The molecular weight excluding hydrogens is 556 g/mol. The molecule has 0 heterocycles. The zero-order valence-electron chi connectivity index (χ0n) is 10.6. The number of hydrogen-bond donors (Lipinski definition) is 0. The van der Waals surface area contributed by atoms with E-state index in [1.54, 1.807) is 0 Å². The van der Waals surface area contributed by atoms with Gasteiger partial charge in [-0.3, -0.25) is 9.59 Å². The van der Waals surface area contributed by atoms with Crippen molar-refractivity contribution in [3.05, 3.63) is 66.3 Å². The fourth-order valence-electron chi connectivity index (χ4n) is 1.48. The summed E-state index contributed by atoms with van der Waals surface area (Å²) in [5.74, 6) is -0.842. The molecule has 2 aromatic rings. The molecule has 0 unspecified atom stereocenters. The van der Waals surface area contributed by atoms with Crippen molar-refractivity contribution >= 4 is 77.0 Å². The summed E-state index contributed by atoms with van der Waals surface area (Å²) < 4.78 is 27.0. The van der Waals surface area contributed by atoms with Crippen LogP contribution in [0.3, 0.4) is 0 Å². The van der Waals surface area contributed by atoms with Gasteiger partial charge < -0.3 is 0 Å². The largest absolute Gasteiger partial charge is 0.281 e. The van der Waals surface area contributed by atoms with E-state index in [0.29, 0.717) is 18.3 Å². The summed E-state index contributed by atoms with van der Waals surface area (Å²) in [5.41, 5.74) is 0.696. The van der Waals surface area contributed by atoms with Crippen LogP contribution in [0.4, 0.5) is 8.78 Å². The molecule has 2 aromatic carbocycles. The zero-order chi connectivity index (χ0) is 16.3. The summed E-state index contributed by atoms with van der Waals surface area (Å²) in [6.45, 7) is 0. The van der Waals surface area contributed by atoms with E-state index in [1.165, 1.54) is 36.4 Å². The third-order valence-corrected chi connectivity index (χ3v) is 6.26. The van der Waals surface area contributed by atoms with Crippen molar-refractivity contribution in [2.75, 3.05) is 0 Å². The number of carbonyl (C=O) groups excluding carboxylic acids is 2. The van der Waals surface area contributed by atoms with Gasteiger partial charge in [-0.1, -0.05) is 0 Å². The lowest BCUT2D eigenvalue weighted by Crippen LogP contribution is -1.99. The fourth-order valence-corrected chi connectivity index (χ4v) is 4.97. The van der Waals surface area contributed by atoms with E-state index in [2.05, 4.69) is 0 Å². The van der Waals surface area contributed by atoms with Gasteiger partial charge in [-0.05, 0) is 103 Å². The highest BCUT2D eigenvalue weighted by atomic mass is 127. The van der Waals surface area contributed by atoms with Crippen molar-refractivity contribution in [3.63, 3.8) is 0 Å². The Morgan fingerprint density at radius 2 is 1.14 bits per heavy atom. The molecule has 0 amide bonds. The first kappa shape index (κ1) is 18.1. The molecule has 2 nitrogen and oxygen atoms in total. The SMILES string of the molecule is O=C(SSC(=O)c1ccc(F)cc1I)c1ccc(F)cc1I. The molecule has 0 aliphatic rings.